The molecule has 0 amide bonds. The molecule has 1 aliphatic carbocycles. The molecule has 2 rings (SSSR count). The highest BCUT2D eigenvalue weighted by molar-refractivity contribution is 5.10. The van der Waals surface area contributed by atoms with Crippen molar-refractivity contribution in [3.63, 3.8) is 0 Å². The molecule has 1 fully saturated rings. The molecule has 1 aliphatic rings. The highest BCUT2D eigenvalue weighted by Gasteiger charge is 2.31. The Morgan fingerprint density at radius 3 is 2.92 bits per heavy atom. The molecule has 1 saturated carbocycles. The van der Waals surface area contributed by atoms with Gasteiger partial charge in [0, 0.05) is 7.11 Å². The highest BCUT2D eigenvalue weighted by Crippen LogP contribution is 2.33. The summed E-state index contributed by atoms with van der Waals surface area (Å²) < 4.78 is 6.96. The van der Waals surface area contributed by atoms with Crippen molar-refractivity contribution < 1.29 is 4.74 Å². The molecule has 1 heterocycles. The molecule has 0 aliphatic heterocycles. The zero-order valence-electron chi connectivity index (χ0n) is 6.97. The summed E-state index contributed by atoms with van der Waals surface area (Å²) >= 11 is 0. The van der Waals surface area contributed by atoms with Crippen LogP contribution in [0.4, 0.5) is 5.95 Å². The maximum Gasteiger partial charge on any atom is 0.239 e. The van der Waals surface area contributed by atoms with Crippen molar-refractivity contribution in [2.75, 3.05) is 12.8 Å². The van der Waals surface area contributed by atoms with E-state index in [1.54, 1.807) is 13.4 Å². The first-order valence-electron chi connectivity index (χ1n) is 3.99. The Kier molecular flexibility index (Phi) is 1.73. The fourth-order valence-corrected chi connectivity index (χ4v) is 1.41. The summed E-state index contributed by atoms with van der Waals surface area (Å²) in [7, 11) is 1.73. The van der Waals surface area contributed by atoms with Gasteiger partial charge in [0.15, 0.2) is 0 Å². The minimum absolute atomic E-state index is 0.343. The minimum Gasteiger partial charge on any atom is -0.381 e. The van der Waals surface area contributed by atoms with Gasteiger partial charge in [-0.2, -0.15) is 0 Å². The van der Waals surface area contributed by atoms with Crippen molar-refractivity contribution in [2.45, 2.75) is 25.0 Å². The van der Waals surface area contributed by atoms with Crippen LogP contribution in [-0.2, 0) is 4.74 Å². The molecule has 12 heavy (non-hydrogen) atoms. The smallest absolute Gasteiger partial charge is 0.239 e. The molecule has 1 aromatic heterocycles. The standard InChI is InChI=1S/C7H12N4O/c1-12-6-2-5(3-6)11-4-9-7(8)10-11/h4-6H,2-3H2,1H3,(H2,8,10). The van der Waals surface area contributed by atoms with Crippen LogP contribution in [0.2, 0.25) is 0 Å². The lowest BCUT2D eigenvalue weighted by Gasteiger charge is -2.33. The molecule has 0 spiro atoms. The van der Waals surface area contributed by atoms with Gasteiger partial charge in [-0.3, -0.25) is 0 Å². The summed E-state index contributed by atoms with van der Waals surface area (Å²) in [6.07, 6.45) is 4.09. The van der Waals surface area contributed by atoms with E-state index in [4.69, 9.17) is 10.5 Å². The van der Waals surface area contributed by atoms with Crippen LogP contribution in [0.1, 0.15) is 18.9 Å². The highest BCUT2D eigenvalue weighted by atomic mass is 16.5. The Morgan fingerprint density at radius 1 is 1.67 bits per heavy atom. The Labute approximate surface area is 70.5 Å². The van der Waals surface area contributed by atoms with Crippen LogP contribution in [0.3, 0.4) is 0 Å². The maximum atomic E-state index is 5.39. The number of hydrogen-bond acceptors (Lipinski definition) is 4. The SMILES string of the molecule is COC1CC(n2cnc(N)n2)C1. The zero-order valence-corrected chi connectivity index (χ0v) is 6.97. The Hall–Kier alpha value is -1.10. The number of nitrogens with zero attached hydrogens (tertiary/aromatic N) is 3. The number of nitrogens with two attached hydrogens (primary N) is 1. The van der Waals surface area contributed by atoms with Crippen molar-refractivity contribution in [1.82, 2.24) is 14.8 Å². The second kappa shape index (κ2) is 2.75. The van der Waals surface area contributed by atoms with Gasteiger partial charge in [-0.25, -0.2) is 9.67 Å². The van der Waals surface area contributed by atoms with Crippen molar-refractivity contribution in [2.24, 2.45) is 0 Å². The monoisotopic (exact) mass is 168 g/mol. The Morgan fingerprint density at radius 2 is 2.42 bits per heavy atom. The normalized spacial score (nSPS) is 28.4. The topological polar surface area (TPSA) is 66.0 Å². The molecule has 66 valence electrons. The minimum atomic E-state index is 0.343. The number of methoxy groups -OCH3 is 1. The fourth-order valence-electron chi connectivity index (χ4n) is 1.41. The number of rotatable bonds is 2. The van der Waals surface area contributed by atoms with Crippen molar-refractivity contribution in [3.8, 4) is 0 Å². The number of hydrogen-bond donors (Lipinski definition) is 1. The average molecular weight is 168 g/mol. The molecule has 0 saturated heterocycles. The van der Waals surface area contributed by atoms with Gasteiger partial charge >= 0.3 is 0 Å². The third-order valence-corrected chi connectivity index (χ3v) is 2.30. The lowest BCUT2D eigenvalue weighted by molar-refractivity contribution is 0.00245. The predicted octanol–water partition coefficient (Wildman–Crippen LogP) is 0.210. The maximum absolute atomic E-state index is 5.39. The molecule has 5 nitrogen and oxygen atoms in total. The van der Waals surface area contributed by atoms with Crippen LogP contribution in [0.25, 0.3) is 0 Å². The van der Waals surface area contributed by atoms with E-state index in [1.807, 2.05) is 4.68 Å². The van der Waals surface area contributed by atoms with E-state index in [0.717, 1.165) is 12.8 Å². The first-order valence-corrected chi connectivity index (χ1v) is 3.99. The molecule has 0 radical (unpaired) electrons. The summed E-state index contributed by atoms with van der Waals surface area (Å²) in [6.45, 7) is 0. The van der Waals surface area contributed by atoms with Gasteiger partial charge in [-0.05, 0) is 12.8 Å². The van der Waals surface area contributed by atoms with Gasteiger partial charge in [0.25, 0.3) is 0 Å². The lowest BCUT2D eigenvalue weighted by Crippen LogP contribution is -2.32. The van der Waals surface area contributed by atoms with Crippen LogP contribution in [0.15, 0.2) is 6.33 Å². The first kappa shape index (κ1) is 7.54. The first-order chi connectivity index (χ1) is 5.79. The molecular formula is C7H12N4O. The van der Waals surface area contributed by atoms with E-state index in [9.17, 15) is 0 Å². The van der Waals surface area contributed by atoms with Gasteiger partial charge in [0.05, 0.1) is 12.1 Å². The molecule has 5 heteroatoms. The van der Waals surface area contributed by atoms with Crippen molar-refractivity contribution >= 4 is 5.95 Å². The van der Waals surface area contributed by atoms with E-state index >= 15 is 0 Å². The summed E-state index contributed by atoms with van der Waals surface area (Å²) in [6, 6.07) is 0.430. The van der Waals surface area contributed by atoms with E-state index in [-0.39, 0.29) is 0 Å². The summed E-state index contributed by atoms with van der Waals surface area (Å²) in [5.41, 5.74) is 5.39. The van der Waals surface area contributed by atoms with Crippen LogP contribution < -0.4 is 5.73 Å². The van der Waals surface area contributed by atoms with Crippen molar-refractivity contribution in [3.05, 3.63) is 6.33 Å². The molecule has 1 aromatic rings. The van der Waals surface area contributed by atoms with Gasteiger partial charge in [0.2, 0.25) is 5.95 Å². The fraction of sp³-hybridized carbons (Fsp3) is 0.714. The molecule has 0 unspecified atom stereocenters. The van der Waals surface area contributed by atoms with Gasteiger partial charge in [0.1, 0.15) is 6.33 Å². The molecule has 0 bridgehead atoms. The third kappa shape index (κ3) is 1.16. The van der Waals surface area contributed by atoms with Crippen LogP contribution in [0.5, 0.6) is 0 Å². The van der Waals surface area contributed by atoms with E-state index < -0.39 is 0 Å². The largest absolute Gasteiger partial charge is 0.381 e. The zero-order chi connectivity index (χ0) is 8.55. The number of nitrogen functional groups attached to an aromatic ring is 1. The second-order valence-corrected chi connectivity index (χ2v) is 3.07. The van der Waals surface area contributed by atoms with E-state index in [2.05, 4.69) is 10.1 Å². The predicted molar refractivity (Wildman–Crippen MR) is 43.5 cm³/mol. The number of ether oxygens (including phenoxy) is 1. The number of aromatic nitrogens is 3. The van der Waals surface area contributed by atoms with Crippen molar-refractivity contribution in [1.29, 1.82) is 0 Å². The summed E-state index contributed by atoms with van der Waals surface area (Å²) in [4.78, 5) is 3.86. The Bertz CT molecular complexity index is 266. The second-order valence-electron chi connectivity index (χ2n) is 3.07. The van der Waals surface area contributed by atoms with Gasteiger partial charge < -0.3 is 10.5 Å². The number of anilines is 1. The average Bonchev–Trinajstić information content (AvgIpc) is 2.34. The van der Waals surface area contributed by atoms with Crippen LogP contribution in [0, 0.1) is 0 Å². The van der Waals surface area contributed by atoms with E-state index in [0.29, 0.717) is 18.1 Å². The lowest BCUT2D eigenvalue weighted by atomic mass is 9.89. The molecule has 2 N–H and O–H groups in total. The molecule has 0 aromatic carbocycles. The van der Waals surface area contributed by atoms with Gasteiger partial charge in [-0.1, -0.05) is 0 Å². The van der Waals surface area contributed by atoms with E-state index in [1.165, 1.54) is 0 Å². The quantitative estimate of drug-likeness (QED) is 0.685. The molecule has 0 atom stereocenters. The van der Waals surface area contributed by atoms with Crippen LogP contribution in [-0.4, -0.2) is 28.0 Å². The van der Waals surface area contributed by atoms with Crippen LogP contribution >= 0.6 is 0 Å². The molecular weight excluding hydrogens is 156 g/mol. The summed E-state index contributed by atoms with van der Waals surface area (Å²) in [5.74, 6) is 0.343. The Balaban J connectivity index is 1.96. The summed E-state index contributed by atoms with van der Waals surface area (Å²) in [5, 5.41) is 4.03. The van der Waals surface area contributed by atoms with Gasteiger partial charge in [-0.15, -0.1) is 5.10 Å². The third-order valence-electron chi connectivity index (χ3n) is 2.30.